The van der Waals surface area contributed by atoms with Crippen molar-refractivity contribution in [1.82, 2.24) is 4.57 Å². The normalized spacial score (nSPS) is 15.7. The maximum atomic E-state index is 13.6. The third kappa shape index (κ3) is 4.66. The van der Waals surface area contributed by atoms with Crippen molar-refractivity contribution in [1.29, 1.82) is 0 Å². The molecule has 0 saturated heterocycles. The molecule has 3 aromatic rings. The first kappa shape index (κ1) is 24.9. The number of methoxy groups -OCH3 is 1. The number of benzene rings is 2. The van der Waals surface area contributed by atoms with Crippen LogP contribution in [0.15, 0.2) is 66.4 Å². The molecule has 0 amide bonds. The van der Waals surface area contributed by atoms with Crippen molar-refractivity contribution in [3.63, 3.8) is 0 Å². The predicted octanol–water partition coefficient (Wildman–Crippen LogP) is 4.99. The highest BCUT2D eigenvalue weighted by molar-refractivity contribution is 9.11. The zero-order valence-corrected chi connectivity index (χ0v) is 23.1. The fourth-order valence-electron chi connectivity index (χ4n) is 3.76. The molecule has 0 unspecified atom stereocenters. The first-order chi connectivity index (χ1) is 16.2. The van der Waals surface area contributed by atoms with E-state index in [1.54, 1.807) is 55.9 Å². The number of ether oxygens (including phenoxy) is 2. The van der Waals surface area contributed by atoms with Crippen LogP contribution in [0.2, 0.25) is 5.02 Å². The van der Waals surface area contributed by atoms with E-state index >= 15 is 0 Å². The number of hydrogen-bond acceptors (Lipinski definition) is 6. The van der Waals surface area contributed by atoms with Gasteiger partial charge in [0.1, 0.15) is 5.75 Å². The standard InChI is InChI=1S/C24H19Br2ClN2O4S/c1-4-33-23(31)19-12(2)28-24-29(20(19)14-5-7-15(27)8-6-14)22(30)18(34-24)11-13-9-16(25)21(32-3)17(26)10-13/h5-11,20H,4H2,1-3H3/b18-11-/t20-/m0/s1. The van der Waals surface area contributed by atoms with Gasteiger partial charge in [0.05, 0.1) is 44.5 Å². The minimum absolute atomic E-state index is 0.217. The van der Waals surface area contributed by atoms with Crippen molar-refractivity contribution in [2.75, 3.05) is 13.7 Å². The third-order valence-electron chi connectivity index (χ3n) is 5.23. The summed E-state index contributed by atoms with van der Waals surface area (Å²) in [5.74, 6) is 0.164. The molecule has 1 aliphatic heterocycles. The molecule has 10 heteroatoms. The van der Waals surface area contributed by atoms with E-state index in [1.807, 2.05) is 12.1 Å². The Balaban J connectivity index is 1.94. The molecule has 1 aliphatic rings. The molecule has 0 radical (unpaired) electrons. The van der Waals surface area contributed by atoms with Crippen LogP contribution in [0.4, 0.5) is 0 Å². The molecule has 6 nitrogen and oxygen atoms in total. The van der Waals surface area contributed by atoms with Gasteiger partial charge in [-0.3, -0.25) is 9.36 Å². The quantitative estimate of drug-likeness (QED) is 0.375. The van der Waals surface area contributed by atoms with Crippen LogP contribution < -0.4 is 19.6 Å². The molecule has 1 aromatic heterocycles. The highest BCUT2D eigenvalue weighted by atomic mass is 79.9. The maximum Gasteiger partial charge on any atom is 0.338 e. The number of nitrogens with zero attached hydrogens (tertiary/aromatic N) is 2. The molecule has 34 heavy (non-hydrogen) atoms. The molecule has 176 valence electrons. The average molecular weight is 627 g/mol. The Labute approximate surface area is 221 Å². The van der Waals surface area contributed by atoms with E-state index in [0.29, 0.717) is 31.4 Å². The number of esters is 1. The third-order valence-corrected chi connectivity index (χ3v) is 7.64. The molecule has 0 bridgehead atoms. The number of aromatic nitrogens is 1. The van der Waals surface area contributed by atoms with E-state index in [1.165, 1.54) is 11.3 Å². The van der Waals surface area contributed by atoms with Gasteiger partial charge in [0, 0.05) is 5.02 Å². The second kappa shape index (κ2) is 10.2. The van der Waals surface area contributed by atoms with E-state index in [9.17, 15) is 9.59 Å². The molecular formula is C24H19Br2ClN2O4S. The molecule has 0 saturated carbocycles. The monoisotopic (exact) mass is 624 g/mol. The highest BCUT2D eigenvalue weighted by Crippen LogP contribution is 2.35. The molecule has 0 fully saturated rings. The molecule has 2 heterocycles. The van der Waals surface area contributed by atoms with Crippen LogP contribution in [-0.2, 0) is 9.53 Å². The Morgan fingerprint density at radius 2 is 1.88 bits per heavy atom. The molecule has 4 rings (SSSR count). The van der Waals surface area contributed by atoms with Crippen LogP contribution in [0, 0.1) is 0 Å². The van der Waals surface area contributed by atoms with Crippen molar-refractivity contribution in [2.24, 2.45) is 4.99 Å². The van der Waals surface area contributed by atoms with Gasteiger partial charge in [-0.05, 0) is 87.2 Å². The molecule has 2 aromatic carbocycles. The summed E-state index contributed by atoms with van der Waals surface area (Å²) in [5, 5.41) is 0.560. The lowest BCUT2D eigenvalue weighted by molar-refractivity contribution is -0.139. The summed E-state index contributed by atoms with van der Waals surface area (Å²) in [6.45, 7) is 3.71. The topological polar surface area (TPSA) is 69.9 Å². The zero-order valence-electron chi connectivity index (χ0n) is 18.4. The summed E-state index contributed by atoms with van der Waals surface area (Å²) in [7, 11) is 1.59. The second-order valence-corrected chi connectivity index (χ2v) is 10.5. The molecule has 0 aliphatic carbocycles. The minimum atomic E-state index is -0.677. The summed E-state index contributed by atoms with van der Waals surface area (Å²) < 4.78 is 14.2. The van der Waals surface area contributed by atoms with E-state index in [0.717, 1.165) is 20.1 Å². The Bertz CT molecular complexity index is 1470. The van der Waals surface area contributed by atoms with E-state index in [4.69, 9.17) is 21.1 Å². The Morgan fingerprint density at radius 1 is 1.24 bits per heavy atom. The van der Waals surface area contributed by atoms with Crippen molar-refractivity contribution in [2.45, 2.75) is 19.9 Å². The van der Waals surface area contributed by atoms with Gasteiger partial charge in [-0.15, -0.1) is 0 Å². The first-order valence-electron chi connectivity index (χ1n) is 10.2. The summed E-state index contributed by atoms with van der Waals surface area (Å²) in [4.78, 5) is 31.6. The summed E-state index contributed by atoms with van der Waals surface area (Å²) in [5.41, 5.74) is 2.14. The van der Waals surface area contributed by atoms with Gasteiger partial charge < -0.3 is 9.47 Å². The Kier molecular flexibility index (Phi) is 7.47. The second-order valence-electron chi connectivity index (χ2n) is 7.37. The largest absolute Gasteiger partial charge is 0.494 e. The number of halogens is 3. The lowest BCUT2D eigenvalue weighted by Crippen LogP contribution is -2.39. The van der Waals surface area contributed by atoms with Gasteiger partial charge in [0.2, 0.25) is 0 Å². The number of allylic oxidation sites excluding steroid dienone is 1. The molecule has 1 atom stereocenters. The summed E-state index contributed by atoms with van der Waals surface area (Å²) in [6.07, 6.45) is 1.79. The summed E-state index contributed by atoms with van der Waals surface area (Å²) in [6, 6.07) is 10.1. The highest BCUT2D eigenvalue weighted by Gasteiger charge is 2.33. The van der Waals surface area contributed by atoms with Gasteiger partial charge in [-0.1, -0.05) is 35.1 Å². The lowest BCUT2D eigenvalue weighted by atomic mass is 9.96. The van der Waals surface area contributed by atoms with E-state index < -0.39 is 12.0 Å². The predicted molar refractivity (Wildman–Crippen MR) is 140 cm³/mol. The molecule has 0 spiro atoms. The number of thiazole rings is 1. The van der Waals surface area contributed by atoms with Crippen LogP contribution in [0.3, 0.4) is 0 Å². The van der Waals surface area contributed by atoms with Crippen molar-refractivity contribution in [3.8, 4) is 5.75 Å². The zero-order chi connectivity index (χ0) is 24.6. The Morgan fingerprint density at radius 3 is 2.47 bits per heavy atom. The van der Waals surface area contributed by atoms with E-state index in [-0.39, 0.29) is 12.2 Å². The molecular weight excluding hydrogens is 608 g/mol. The maximum absolute atomic E-state index is 13.6. The van der Waals surface area contributed by atoms with Crippen LogP contribution in [0.25, 0.3) is 6.08 Å². The SMILES string of the molecule is CCOC(=O)C1=C(C)N=c2s/c(=C\c3cc(Br)c(OC)c(Br)c3)c(=O)n2[C@H]1c1ccc(Cl)cc1. The smallest absolute Gasteiger partial charge is 0.338 e. The number of rotatable bonds is 5. The van der Waals surface area contributed by atoms with Gasteiger partial charge in [-0.25, -0.2) is 9.79 Å². The van der Waals surface area contributed by atoms with Crippen LogP contribution in [-0.4, -0.2) is 24.3 Å². The van der Waals surface area contributed by atoms with Crippen LogP contribution in [0.5, 0.6) is 5.75 Å². The van der Waals surface area contributed by atoms with Crippen LogP contribution >= 0.6 is 54.8 Å². The van der Waals surface area contributed by atoms with Crippen molar-refractivity contribution >= 4 is 66.8 Å². The van der Waals surface area contributed by atoms with Crippen molar-refractivity contribution in [3.05, 3.63) is 92.5 Å². The fraction of sp³-hybridized carbons (Fsp3) is 0.208. The van der Waals surface area contributed by atoms with Crippen molar-refractivity contribution < 1.29 is 14.3 Å². The molecule has 0 N–H and O–H groups in total. The first-order valence-corrected chi connectivity index (χ1v) is 13.0. The Hall–Kier alpha value is -2.20. The van der Waals surface area contributed by atoms with E-state index in [2.05, 4.69) is 36.9 Å². The average Bonchev–Trinajstić information content (AvgIpc) is 3.08. The lowest BCUT2D eigenvalue weighted by Gasteiger charge is -2.24. The fourth-order valence-corrected chi connectivity index (χ4v) is 6.48. The van der Waals surface area contributed by atoms with Gasteiger partial charge >= 0.3 is 5.97 Å². The van der Waals surface area contributed by atoms with Gasteiger partial charge in [0.15, 0.2) is 4.80 Å². The summed E-state index contributed by atoms with van der Waals surface area (Å²) >= 11 is 14.3. The van der Waals surface area contributed by atoms with Gasteiger partial charge in [-0.2, -0.15) is 0 Å². The minimum Gasteiger partial charge on any atom is -0.494 e. The van der Waals surface area contributed by atoms with Gasteiger partial charge in [0.25, 0.3) is 5.56 Å². The number of carbonyl (C=O) groups is 1. The number of carbonyl (C=O) groups excluding carboxylic acids is 1. The van der Waals surface area contributed by atoms with Crippen LogP contribution in [0.1, 0.15) is 31.0 Å². The number of hydrogen-bond donors (Lipinski definition) is 0. The number of fused-ring (bicyclic) bond motifs is 1.